The third-order valence-electron chi connectivity index (χ3n) is 5.00. The van der Waals surface area contributed by atoms with Crippen LogP contribution >= 0.6 is 0 Å². The molecule has 142 valence electrons. The molecule has 1 aromatic carbocycles. The first-order valence-electron chi connectivity index (χ1n) is 9.07. The molecule has 1 atom stereocenters. The number of carboxylic acids is 1. The summed E-state index contributed by atoms with van der Waals surface area (Å²) in [5, 5.41) is 9.79. The molecule has 0 unspecified atom stereocenters. The summed E-state index contributed by atoms with van der Waals surface area (Å²) in [5.74, 6) is 0.405. The first kappa shape index (κ1) is 17.8. The van der Waals surface area contributed by atoms with Crippen LogP contribution in [-0.4, -0.2) is 46.9 Å². The lowest BCUT2D eigenvalue weighted by molar-refractivity contribution is -0.145. The molecule has 1 saturated heterocycles. The number of rotatable bonds is 6. The van der Waals surface area contributed by atoms with Gasteiger partial charge in [-0.25, -0.2) is 0 Å². The predicted octanol–water partition coefficient (Wildman–Crippen LogP) is 2.62. The molecule has 0 radical (unpaired) electrons. The Morgan fingerprint density at radius 2 is 2.07 bits per heavy atom. The van der Waals surface area contributed by atoms with Crippen LogP contribution in [0.3, 0.4) is 0 Å². The van der Waals surface area contributed by atoms with Crippen molar-refractivity contribution in [3.63, 3.8) is 0 Å². The van der Waals surface area contributed by atoms with E-state index in [1.165, 1.54) is 0 Å². The maximum Gasteiger partial charge on any atom is 0.325 e. The standard InChI is InChI=1S/C20H22N2O5/c23-20(24)19(15-3-4-17-18(10-15)27-13-26-17)22-8-5-16(6-9-22)25-12-14-2-1-7-21-11-14/h1-4,7,10-11,16,19H,5-6,8-9,12-13H2,(H,23,24)/t19-/m0/s1. The van der Waals surface area contributed by atoms with Gasteiger partial charge in [0.1, 0.15) is 6.04 Å². The van der Waals surface area contributed by atoms with E-state index in [0.29, 0.717) is 36.8 Å². The van der Waals surface area contributed by atoms with Crippen LogP contribution in [0.2, 0.25) is 0 Å². The lowest BCUT2D eigenvalue weighted by atomic mass is 10.00. The Balaban J connectivity index is 1.37. The van der Waals surface area contributed by atoms with Gasteiger partial charge in [-0.1, -0.05) is 12.1 Å². The van der Waals surface area contributed by atoms with Crippen molar-refractivity contribution in [1.82, 2.24) is 9.88 Å². The quantitative estimate of drug-likeness (QED) is 0.837. The molecule has 2 aromatic rings. The molecule has 0 spiro atoms. The third-order valence-corrected chi connectivity index (χ3v) is 5.00. The summed E-state index contributed by atoms with van der Waals surface area (Å²) in [6, 6.07) is 8.53. The van der Waals surface area contributed by atoms with E-state index in [1.54, 1.807) is 30.6 Å². The van der Waals surface area contributed by atoms with Gasteiger partial charge in [-0.3, -0.25) is 14.7 Å². The number of nitrogens with zero attached hydrogens (tertiary/aromatic N) is 2. The van der Waals surface area contributed by atoms with E-state index in [9.17, 15) is 9.90 Å². The first-order chi connectivity index (χ1) is 13.2. The van der Waals surface area contributed by atoms with Gasteiger partial charge < -0.3 is 19.3 Å². The maximum atomic E-state index is 11.9. The number of hydrogen-bond acceptors (Lipinski definition) is 6. The highest BCUT2D eigenvalue weighted by Crippen LogP contribution is 2.36. The van der Waals surface area contributed by atoms with Crippen molar-refractivity contribution < 1.29 is 24.1 Å². The third kappa shape index (κ3) is 4.04. The zero-order chi connectivity index (χ0) is 18.6. The molecule has 4 rings (SSSR count). The van der Waals surface area contributed by atoms with Gasteiger partial charge in [0, 0.05) is 25.5 Å². The highest BCUT2D eigenvalue weighted by molar-refractivity contribution is 5.76. The summed E-state index contributed by atoms with van der Waals surface area (Å²) in [5.41, 5.74) is 1.75. The molecule has 3 heterocycles. The van der Waals surface area contributed by atoms with Gasteiger partial charge in [0.15, 0.2) is 11.5 Å². The molecular formula is C20H22N2O5. The normalized spacial score (nSPS) is 18.4. The number of pyridine rings is 1. The number of piperidine rings is 1. The number of aromatic nitrogens is 1. The first-order valence-corrected chi connectivity index (χ1v) is 9.07. The van der Waals surface area contributed by atoms with Crippen molar-refractivity contribution in [1.29, 1.82) is 0 Å². The fraction of sp³-hybridized carbons (Fsp3) is 0.400. The minimum Gasteiger partial charge on any atom is -0.480 e. The van der Waals surface area contributed by atoms with Gasteiger partial charge >= 0.3 is 5.97 Å². The van der Waals surface area contributed by atoms with E-state index in [4.69, 9.17) is 14.2 Å². The zero-order valence-corrected chi connectivity index (χ0v) is 14.9. The van der Waals surface area contributed by atoms with E-state index in [1.807, 2.05) is 17.0 Å². The average Bonchev–Trinajstić information content (AvgIpc) is 3.16. The van der Waals surface area contributed by atoms with Gasteiger partial charge in [0.05, 0.1) is 12.7 Å². The Morgan fingerprint density at radius 3 is 2.81 bits per heavy atom. The molecule has 27 heavy (non-hydrogen) atoms. The molecular weight excluding hydrogens is 348 g/mol. The fourth-order valence-corrected chi connectivity index (χ4v) is 3.59. The number of ether oxygens (including phenoxy) is 3. The molecule has 0 saturated carbocycles. The van der Waals surface area contributed by atoms with E-state index < -0.39 is 12.0 Å². The Labute approximate surface area is 157 Å². The molecule has 7 nitrogen and oxygen atoms in total. The van der Waals surface area contributed by atoms with E-state index in [0.717, 1.165) is 18.4 Å². The van der Waals surface area contributed by atoms with Gasteiger partial charge in [-0.05, 0) is 42.2 Å². The van der Waals surface area contributed by atoms with Crippen LogP contribution in [0.5, 0.6) is 11.5 Å². The number of aliphatic carboxylic acids is 1. The minimum atomic E-state index is -0.858. The van der Waals surface area contributed by atoms with Crippen molar-refractivity contribution in [3.8, 4) is 11.5 Å². The minimum absolute atomic E-state index is 0.132. The average molecular weight is 370 g/mol. The molecule has 1 fully saturated rings. The van der Waals surface area contributed by atoms with E-state index in [2.05, 4.69) is 4.98 Å². The van der Waals surface area contributed by atoms with Crippen molar-refractivity contribution in [2.75, 3.05) is 19.9 Å². The SMILES string of the molecule is O=C(O)[C@H](c1ccc2c(c1)OCO2)N1CCC(OCc2cccnc2)CC1. The number of carbonyl (C=O) groups is 1. The number of hydrogen-bond donors (Lipinski definition) is 1. The zero-order valence-electron chi connectivity index (χ0n) is 14.9. The van der Waals surface area contributed by atoms with Crippen molar-refractivity contribution >= 4 is 5.97 Å². The smallest absolute Gasteiger partial charge is 0.325 e. The van der Waals surface area contributed by atoms with Crippen LogP contribution < -0.4 is 9.47 Å². The second-order valence-corrected chi connectivity index (χ2v) is 6.76. The summed E-state index contributed by atoms with van der Waals surface area (Å²) in [6.45, 7) is 2.05. The summed E-state index contributed by atoms with van der Waals surface area (Å²) >= 11 is 0. The highest BCUT2D eigenvalue weighted by Gasteiger charge is 2.32. The van der Waals surface area contributed by atoms with Crippen LogP contribution in [0.1, 0.15) is 30.0 Å². The molecule has 1 aromatic heterocycles. The topological polar surface area (TPSA) is 81.1 Å². The lowest BCUT2D eigenvalue weighted by Gasteiger charge is -2.35. The van der Waals surface area contributed by atoms with Crippen LogP contribution in [0.4, 0.5) is 0 Å². The van der Waals surface area contributed by atoms with E-state index >= 15 is 0 Å². The molecule has 0 aliphatic carbocycles. The molecule has 0 amide bonds. The van der Waals surface area contributed by atoms with Crippen LogP contribution in [0, 0.1) is 0 Å². The highest BCUT2D eigenvalue weighted by atomic mass is 16.7. The summed E-state index contributed by atoms with van der Waals surface area (Å²) in [4.78, 5) is 18.0. The fourth-order valence-electron chi connectivity index (χ4n) is 3.59. The maximum absolute atomic E-state index is 11.9. The van der Waals surface area contributed by atoms with Crippen molar-refractivity contribution in [2.45, 2.75) is 31.6 Å². The molecule has 2 aliphatic heterocycles. The van der Waals surface area contributed by atoms with Crippen LogP contribution in [0.15, 0.2) is 42.7 Å². The summed E-state index contributed by atoms with van der Waals surface area (Å²) < 4.78 is 16.7. The number of likely N-dealkylation sites (tertiary alicyclic amines) is 1. The van der Waals surface area contributed by atoms with Gasteiger partial charge in [0.25, 0.3) is 0 Å². The summed E-state index contributed by atoms with van der Waals surface area (Å²) in [7, 11) is 0. The predicted molar refractivity (Wildman–Crippen MR) is 96.6 cm³/mol. The van der Waals surface area contributed by atoms with Gasteiger partial charge in [-0.2, -0.15) is 0 Å². The lowest BCUT2D eigenvalue weighted by Crippen LogP contribution is -2.42. The van der Waals surface area contributed by atoms with Gasteiger partial charge in [-0.15, -0.1) is 0 Å². The largest absolute Gasteiger partial charge is 0.480 e. The summed E-state index contributed by atoms with van der Waals surface area (Å²) in [6.07, 6.45) is 5.27. The Morgan fingerprint density at radius 1 is 1.26 bits per heavy atom. The van der Waals surface area contributed by atoms with Crippen molar-refractivity contribution in [2.24, 2.45) is 0 Å². The Kier molecular flexibility index (Phi) is 5.22. The van der Waals surface area contributed by atoms with Crippen LogP contribution in [0.25, 0.3) is 0 Å². The molecule has 7 heteroatoms. The van der Waals surface area contributed by atoms with Gasteiger partial charge in [0.2, 0.25) is 6.79 Å². The molecule has 0 bridgehead atoms. The number of carboxylic acid groups (broad SMARTS) is 1. The monoisotopic (exact) mass is 370 g/mol. The molecule has 1 N–H and O–H groups in total. The van der Waals surface area contributed by atoms with E-state index in [-0.39, 0.29) is 12.9 Å². The number of fused-ring (bicyclic) bond motifs is 1. The Bertz CT molecular complexity index is 790. The second kappa shape index (κ2) is 7.94. The second-order valence-electron chi connectivity index (χ2n) is 6.76. The van der Waals surface area contributed by atoms with Crippen molar-refractivity contribution in [3.05, 3.63) is 53.9 Å². The number of benzene rings is 1. The Hall–Kier alpha value is -2.64. The molecule has 2 aliphatic rings. The van der Waals surface area contributed by atoms with Crippen LogP contribution in [-0.2, 0) is 16.1 Å².